The molecule has 1 unspecified atom stereocenters. The average molecular weight is 416 g/mol. The number of rotatable bonds is 11. The van der Waals surface area contributed by atoms with Gasteiger partial charge in [0.1, 0.15) is 5.75 Å². The Morgan fingerprint density at radius 3 is 2.83 bits per heavy atom. The number of hydrogen-bond acceptors (Lipinski definition) is 4. The summed E-state index contributed by atoms with van der Waals surface area (Å²) in [5.41, 5.74) is 1.11. The third-order valence-electron chi connectivity index (χ3n) is 5.56. The van der Waals surface area contributed by atoms with Crippen molar-refractivity contribution in [3.05, 3.63) is 52.2 Å². The van der Waals surface area contributed by atoms with E-state index in [1.807, 2.05) is 17.0 Å². The minimum atomic E-state index is 0.0848. The number of thiophene rings is 1. The van der Waals surface area contributed by atoms with Crippen LogP contribution >= 0.6 is 11.3 Å². The van der Waals surface area contributed by atoms with Gasteiger partial charge < -0.3 is 14.4 Å². The number of carbonyl (C=O) groups excluding carboxylic acids is 1. The van der Waals surface area contributed by atoms with Gasteiger partial charge in [0.25, 0.3) is 0 Å². The third kappa shape index (κ3) is 6.58. The molecule has 1 amide bonds. The molecule has 4 nitrogen and oxygen atoms in total. The first-order valence-electron chi connectivity index (χ1n) is 10.8. The van der Waals surface area contributed by atoms with Crippen molar-refractivity contribution in [3.8, 4) is 5.75 Å². The van der Waals surface area contributed by atoms with Crippen LogP contribution in [0.2, 0.25) is 0 Å². The molecule has 1 atom stereocenters. The number of benzene rings is 1. The van der Waals surface area contributed by atoms with Crippen LogP contribution in [0, 0.1) is 5.92 Å². The molecule has 1 fully saturated rings. The monoisotopic (exact) mass is 415 g/mol. The van der Waals surface area contributed by atoms with E-state index < -0.39 is 0 Å². The SMILES string of the molecule is CCC(CC)C(=O)N(Cc1cccc(OCCc2cccs2)c1)CC1CCCO1. The van der Waals surface area contributed by atoms with Crippen LogP contribution in [0.3, 0.4) is 0 Å². The van der Waals surface area contributed by atoms with E-state index in [4.69, 9.17) is 9.47 Å². The van der Waals surface area contributed by atoms with Crippen LogP contribution in [-0.2, 0) is 22.5 Å². The van der Waals surface area contributed by atoms with Gasteiger partial charge in [-0.25, -0.2) is 0 Å². The molecule has 0 spiro atoms. The van der Waals surface area contributed by atoms with Crippen LogP contribution in [0.15, 0.2) is 41.8 Å². The molecule has 1 aromatic carbocycles. The van der Waals surface area contributed by atoms with Gasteiger partial charge >= 0.3 is 0 Å². The van der Waals surface area contributed by atoms with Gasteiger partial charge in [0.2, 0.25) is 5.91 Å². The van der Waals surface area contributed by atoms with Gasteiger partial charge in [-0.3, -0.25) is 4.79 Å². The third-order valence-corrected chi connectivity index (χ3v) is 6.50. The standard InChI is InChI=1S/C24H33NO3S/c1-3-20(4-2)24(26)25(18-22-10-6-13-27-22)17-19-8-5-9-21(16-19)28-14-12-23-11-7-15-29-23/h5,7-9,11,15-16,20,22H,3-4,6,10,12-14,17-18H2,1-2H3. The summed E-state index contributed by atoms with van der Waals surface area (Å²) in [7, 11) is 0. The molecule has 1 aromatic heterocycles. The molecule has 1 aliphatic heterocycles. The first-order chi connectivity index (χ1) is 14.2. The van der Waals surface area contributed by atoms with Crippen LogP contribution in [0.1, 0.15) is 50.0 Å². The Labute approximate surface area is 178 Å². The lowest BCUT2D eigenvalue weighted by molar-refractivity contribution is -0.138. The van der Waals surface area contributed by atoms with E-state index in [1.165, 1.54) is 4.88 Å². The number of nitrogens with zero attached hydrogens (tertiary/aromatic N) is 1. The van der Waals surface area contributed by atoms with Gasteiger partial charge in [-0.1, -0.05) is 32.0 Å². The molecule has 0 radical (unpaired) electrons. The first-order valence-corrected chi connectivity index (χ1v) is 11.7. The van der Waals surface area contributed by atoms with E-state index >= 15 is 0 Å². The minimum Gasteiger partial charge on any atom is -0.493 e. The van der Waals surface area contributed by atoms with Gasteiger partial charge in [0, 0.05) is 36.9 Å². The Hall–Kier alpha value is -1.85. The highest BCUT2D eigenvalue weighted by Crippen LogP contribution is 2.21. The second-order valence-electron chi connectivity index (χ2n) is 7.69. The Kier molecular flexibility index (Phi) is 8.56. The molecule has 1 aliphatic rings. The van der Waals surface area contributed by atoms with Gasteiger partial charge in [-0.15, -0.1) is 11.3 Å². The molecule has 29 heavy (non-hydrogen) atoms. The van der Waals surface area contributed by atoms with Crippen molar-refractivity contribution in [1.82, 2.24) is 4.90 Å². The summed E-state index contributed by atoms with van der Waals surface area (Å²) in [6.07, 6.45) is 4.97. The molecule has 2 heterocycles. The average Bonchev–Trinajstić information content (AvgIpc) is 3.43. The van der Waals surface area contributed by atoms with Crippen molar-refractivity contribution in [1.29, 1.82) is 0 Å². The van der Waals surface area contributed by atoms with Crippen molar-refractivity contribution >= 4 is 17.2 Å². The summed E-state index contributed by atoms with van der Waals surface area (Å²) in [5, 5.41) is 2.09. The fraction of sp³-hybridized carbons (Fsp3) is 0.542. The van der Waals surface area contributed by atoms with Crippen LogP contribution in [0.25, 0.3) is 0 Å². The predicted octanol–water partition coefficient (Wildman–Crippen LogP) is 5.31. The molecular formula is C24H33NO3S. The maximum atomic E-state index is 13.1. The van der Waals surface area contributed by atoms with E-state index in [2.05, 4.69) is 43.5 Å². The van der Waals surface area contributed by atoms with Gasteiger partial charge in [0.15, 0.2) is 0 Å². The highest BCUT2D eigenvalue weighted by molar-refractivity contribution is 7.09. The van der Waals surface area contributed by atoms with Gasteiger partial charge in [0.05, 0.1) is 12.7 Å². The summed E-state index contributed by atoms with van der Waals surface area (Å²) in [4.78, 5) is 16.5. The molecule has 158 valence electrons. The summed E-state index contributed by atoms with van der Waals surface area (Å²) in [5.74, 6) is 1.20. The van der Waals surface area contributed by atoms with Crippen LogP contribution in [-0.4, -0.2) is 36.7 Å². The normalized spacial score (nSPS) is 16.3. The maximum Gasteiger partial charge on any atom is 0.226 e. The van der Waals surface area contributed by atoms with E-state index in [1.54, 1.807) is 11.3 Å². The molecule has 5 heteroatoms. The molecule has 0 bridgehead atoms. The second-order valence-corrected chi connectivity index (χ2v) is 8.72. The summed E-state index contributed by atoms with van der Waals surface area (Å²) in [6.45, 7) is 6.95. The quantitative estimate of drug-likeness (QED) is 0.499. The van der Waals surface area contributed by atoms with Crippen molar-refractivity contribution < 1.29 is 14.3 Å². The fourth-order valence-electron chi connectivity index (χ4n) is 3.84. The summed E-state index contributed by atoms with van der Waals surface area (Å²) in [6, 6.07) is 12.4. The number of ether oxygens (including phenoxy) is 2. The maximum absolute atomic E-state index is 13.1. The molecular weight excluding hydrogens is 382 g/mol. The zero-order chi connectivity index (χ0) is 20.5. The van der Waals surface area contributed by atoms with Crippen molar-refractivity contribution in [3.63, 3.8) is 0 Å². The molecule has 0 aliphatic carbocycles. The van der Waals surface area contributed by atoms with Crippen LogP contribution in [0.4, 0.5) is 0 Å². The molecule has 1 saturated heterocycles. The van der Waals surface area contributed by atoms with Crippen molar-refractivity contribution in [2.45, 2.75) is 58.6 Å². The van der Waals surface area contributed by atoms with Gasteiger partial charge in [-0.2, -0.15) is 0 Å². The molecule has 0 saturated carbocycles. The van der Waals surface area contributed by atoms with Crippen molar-refractivity contribution in [2.24, 2.45) is 5.92 Å². The highest BCUT2D eigenvalue weighted by atomic mass is 32.1. The molecule has 0 N–H and O–H groups in total. The van der Waals surface area contributed by atoms with Crippen LogP contribution < -0.4 is 4.74 Å². The number of amides is 1. The Bertz CT molecular complexity index is 736. The zero-order valence-electron chi connectivity index (χ0n) is 17.6. The van der Waals surface area contributed by atoms with E-state index in [9.17, 15) is 4.79 Å². The van der Waals surface area contributed by atoms with E-state index in [-0.39, 0.29) is 17.9 Å². The smallest absolute Gasteiger partial charge is 0.226 e. The van der Waals surface area contributed by atoms with Crippen molar-refractivity contribution in [2.75, 3.05) is 19.8 Å². The fourth-order valence-corrected chi connectivity index (χ4v) is 4.53. The Balaban J connectivity index is 1.63. The number of carbonyl (C=O) groups is 1. The zero-order valence-corrected chi connectivity index (χ0v) is 18.5. The number of hydrogen-bond donors (Lipinski definition) is 0. The summed E-state index contributed by atoms with van der Waals surface area (Å²) < 4.78 is 11.8. The lowest BCUT2D eigenvalue weighted by Gasteiger charge is -2.29. The van der Waals surface area contributed by atoms with E-state index in [0.717, 1.165) is 50.0 Å². The topological polar surface area (TPSA) is 38.8 Å². The minimum absolute atomic E-state index is 0.0848. The molecule has 3 rings (SSSR count). The van der Waals surface area contributed by atoms with E-state index in [0.29, 0.717) is 19.7 Å². The van der Waals surface area contributed by atoms with Gasteiger partial charge in [-0.05, 0) is 54.8 Å². The predicted molar refractivity (Wildman–Crippen MR) is 118 cm³/mol. The lowest BCUT2D eigenvalue weighted by Crippen LogP contribution is -2.40. The van der Waals surface area contributed by atoms with Crippen LogP contribution in [0.5, 0.6) is 5.75 Å². The lowest BCUT2D eigenvalue weighted by atomic mass is 10.0. The molecule has 2 aromatic rings. The first kappa shape index (κ1) is 21.8. The Morgan fingerprint density at radius 1 is 1.28 bits per heavy atom. The summed E-state index contributed by atoms with van der Waals surface area (Å²) >= 11 is 1.76. The largest absolute Gasteiger partial charge is 0.493 e. The highest BCUT2D eigenvalue weighted by Gasteiger charge is 2.26. The Morgan fingerprint density at radius 2 is 2.14 bits per heavy atom. The second kappa shape index (κ2) is 11.4.